The maximum absolute atomic E-state index is 14.4. The van der Waals surface area contributed by atoms with Gasteiger partial charge in [-0.1, -0.05) is 103 Å². The lowest BCUT2D eigenvalue weighted by atomic mass is 10.0. The second-order valence-corrected chi connectivity index (χ2v) is 14.4. The van der Waals surface area contributed by atoms with Crippen LogP contribution in [0.4, 0.5) is 0 Å². The summed E-state index contributed by atoms with van der Waals surface area (Å²) in [7, 11) is 0. The van der Waals surface area contributed by atoms with Gasteiger partial charge in [-0.3, -0.25) is 9.36 Å². The summed E-state index contributed by atoms with van der Waals surface area (Å²) in [5, 5.41) is 5.20. The van der Waals surface area contributed by atoms with Gasteiger partial charge >= 0.3 is 0 Å². The molecule has 4 aromatic heterocycles. The molecule has 0 fully saturated rings. The topological polar surface area (TPSA) is 49.2 Å². The van der Waals surface area contributed by atoms with Crippen LogP contribution in [0.15, 0.2) is 193 Å². The number of aromatic nitrogens is 5. The average Bonchev–Trinajstić information content (AvgIpc) is 3.91. The fourth-order valence-electron chi connectivity index (χ4n) is 8.88. The minimum absolute atomic E-state index is 0.0859. The number of para-hydroxylation sites is 4. The Morgan fingerprint density at radius 2 is 0.875 bits per heavy atom. The zero-order valence-corrected chi connectivity index (χ0v) is 30.0. The standard InChI is InChI=1S/C50H31N5O/c56-49-38-21-11-13-23-44(38)54(35-18-8-3-9-19-35)50-51-42-31-47-41(30-48(42)55(49)50)40-29-36(25-27-46(40)52(47)34-16-6-2-7-17-34)53-43-22-12-10-20-37(43)39-28-33(24-26-45(39)53)32-14-4-1-5-15-32/h1-31H. The lowest BCUT2D eigenvalue weighted by Gasteiger charge is -2.12. The molecular weight excluding hydrogens is 687 g/mol. The first kappa shape index (κ1) is 30.7. The summed E-state index contributed by atoms with van der Waals surface area (Å²) in [5.41, 5.74) is 12.1. The highest BCUT2D eigenvalue weighted by atomic mass is 16.1. The van der Waals surface area contributed by atoms with E-state index in [2.05, 4.69) is 153 Å². The molecule has 6 nitrogen and oxygen atoms in total. The van der Waals surface area contributed by atoms with Crippen molar-refractivity contribution < 1.29 is 0 Å². The molecule has 0 atom stereocenters. The van der Waals surface area contributed by atoms with E-state index in [0.29, 0.717) is 11.2 Å². The molecule has 0 spiro atoms. The molecule has 0 saturated heterocycles. The normalized spacial score (nSPS) is 12.0. The van der Waals surface area contributed by atoms with Gasteiger partial charge in [-0.15, -0.1) is 0 Å². The first-order chi connectivity index (χ1) is 27.7. The molecule has 12 rings (SSSR count). The summed E-state index contributed by atoms with van der Waals surface area (Å²) in [6.07, 6.45) is 0. The third kappa shape index (κ3) is 4.32. The molecule has 6 heteroatoms. The van der Waals surface area contributed by atoms with Crippen molar-refractivity contribution >= 4 is 71.3 Å². The third-order valence-electron chi connectivity index (χ3n) is 11.4. The molecule has 0 unspecified atom stereocenters. The Hall–Kier alpha value is -7.70. The number of hydrogen-bond donors (Lipinski definition) is 0. The van der Waals surface area contributed by atoms with Crippen molar-refractivity contribution in [2.45, 2.75) is 0 Å². The maximum Gasteiger partial charge on any atom is 0.267 e. The Morgan fingerprint density at radius 3 is 1.61 bits per heavy atom. The summed E-state index contributed by atoms with van der Waals surface area (Å²) < 4.78 is 8.57. The lowest BCUT2D eigenvalue weighted by Crippen LogP contribution is -2.18. The Bertz CT molecular complexity index is 3590. The van der Waals surface area contributed by atoms with E-state index < -0.39 is 0 Å². The summed E-state index contributed by atoms with van der Waals surface area (Å²) in [6, 6.07) is 65.5. The summed E-state index contributed by atoms with van der Waals surface area (Å²) in [5.74, 6) is 0.582. The van der Waals surface area contributed by atoms with Crippen LogP contribution < -0.4 is 5.56 Å². The number of imidazole rings is 1. The molecule has 0 saturated carbocycles. The Labute approximate surface area is 320 Å². The molecule has 0 bridgehead atoms. The van der Waals surface area contributed by atoms with Crippen LogP contribution in [-0.4, -0.2) is 23.1 Å². The minimum atomic E-state index is -0.0859. The van der Waals surface area contributed by atoms with Crippen molar-refractivity contribution in [2.75, 3.05) is 0 Å². The van der Waals surface area contributed by atoms with Gasteiger partial charge in [0.15, 0.2) is 0 Å². The van der Waals surface area contributed by atoms with E-state index in [0.717, 1.165) is 66.5 Å². The first-order valence-corrected chi connectivity index (χ1v) is 18.9. The van der Waals surface area contributed by atoms with Crippen molar-refractivity contribution in [1.82, 2.24) is 23.1 Å². The van der Waals surface area contributed by atoms with Crippen molar-refractivity contribution in [3.63, 3.8) is 0 Å². The second kappa shape index (κ2) is 11.6. The molecular formula is C50H31N5O. The molecule has 0 radical (unpaired) electrons. The maximum atomic E-state index is 14.4. The van der Waals surface area contributed by atoms with Gasteiger partial charge in [-0.25, -0.2) is 9.38 Å². The molecule has 0 aliphatic carbocycles. The van der Waals surface area contributed by atoms with Gasteiger partial charge in [0.1, 0.15) is 0 Å². The predicted molar refractivity (Wildman–Crippen MR) is 230 cm³/mol. The zero-order valence-electron chi connectivity index (χ0n) is 30.0. The molecule has 8 aromatic carbocycles. The largest absolute Gasteiger partial charge is 0.309 e. The number of rotatable bonds is 4. The van der Waals surface area contributed by atoms with E-state index >= 15 is 0 Å². The van der Waals surface area contributed by atoms with Crippen molar-refractivity contribution in [2.24, 2.45) is 0 Å². The SMILES string of the molecule is O=c1c2ccccc2n(-c2ccccc2)c2nc3cc4c(cc3n12)c1cc(-n2c3ccccc3c3cc(-c5ccccc5)ccc32)ccc1n4-c1ccccc1. The molecule has 0 aliphatic heterocycles. The van der Waals surface area contributed by atoms with E-state index in [9.17, 15) is 4.79 Å². The van der Waals surface area contributed by atoms with Crippen molar-refractivity contribution in [1.29, 1.82) is 0 Å². The number of benzene rings is 8. The predicted octanol–water partition coefficient (Wildman–Crippen LogP) is 11.7. The average molecular weight is 718 g/mol. The van der Waals surface area contributed by atoms with Crippen LogP contribution in [0.25, 0.3) is 99.5 Å². The van der Waals surface area contributed by atoms with Gasteiger partial charge < -0.3 is 9.13 Å². The third-order valence-corrected chi connectivity index (χ3v) is 11.4. The van der Waals surface area contributed by atoms with E-state index in [-0.39, 0.29) is 5.56 Å². The smallest absolute Gasteiger partial charge is 0.267 e. The molecule has 56 heavy (non-hydrogen) atoms. The summed E-state index contributed by atoms with van der Waals surface area (Å²) in [6.45, 7) is 0. The number of hydrogen-bond acceptors (Lipinski definition) is 2. The van der Waals surface area contributed by atoms with Gasteiger partial charge in [0.05, 0.1) is 44.0 Å². The molecule has 0 N–H and O–H groups in total. The van der Waals surface area contributed by atoms with Gasteiger partial charge in [0.25, 0.3) is 5.56 Å². The van der Waals surface area contributed by atoms with Gasteiger partial charge in [-0.2, -0.15) is 0 Å². The summed E-state index contributed by atoms with van der Waals surface area (Å²) >= 11 is 0. The van der Waals surface area contributed by atoms with Crippen molar-refractivity contribution in [3.8, 4) is 28.2 Å². The van der Waals surface area contributed by atoms with Crippen LogP contribution in [0, 0.1) is 0 Å². The van der Waals surface area contributed by atoms with Crippen LogP contribution >= 0.6 is 0 Å². The fourth-order valence-corrected chi connectivity index (χ4v) is 8.88. The van der Waals surface area contributed by atoms with Crippen LogP contribution in [0.5, 0.6) is 0 Å². The van der Waals surface area contributed by atoms with Crippen LogP contribution in [0.2, 0.25) is 0 Å². The Morgan fingerprint density at radius 1 is 0.339 bits per heavy atom. The highest BCUT2D eigenvalue weighted by molar-refractivity contribution is 6.15. The highest BCUT2D eigenvalue weighted by Crippen LogP contribution is 2.39. The Balaban J connectivity index is 1.17. The molecule has 12 aromatic rings. The lowest BCUT2D eigenvalue weighted by molar-refractivity contribution is 1.02. The van der Waals surface area contributed by atoms with Crippen LogP contribution in [-0.2, 0) is 0 Å². The molecule has 0 aliphatic rings. The van der Waals surface area contributed by atoms with Gasteiger partial charge in [-0.05, 0) is 96.1 Å². The molecule has 262 valence electrons. The second-order valence-electron chi connectivity index (χ2n) is 14.4. The zero-order chi connectivity index (χ0) is 36.9. The summed E-state index contributed by atoms with van der Waals surface area (Å²) in [4.78, 5) is 19.7. The minimum Gasteiger partial charge on any atom is -0.309 e. The number of fused-ring (bicyclic) bond motifs is 10. The van der Waals surface area contributed by atoms with E-state index in [1.54, 1.807) is 4.40 Å². The number of nitrogens with zero attached hydrogens (tertiary/aromatic N) is 5. The van der Waals surface area contributed by atoms with E-state index in [1.165, 1.54) is 21.9 Å². The van der Waals surface area contributed by atoms with Gasteiger partial charge in [0, 0.05) is 38.6 Å². The fraction of sp³-hybridized carbons (Fsp3) is 0. The van der Waals surface area contributed by atoms with Crippen LogP contribution in [0.1, 0.15) is 0 Å². The first-order valence-electron chi connectivity index (χ1n) is 18.9. The Kier molecular flexibility index (Phi) is 6.39. The molecule has 0 amide bonds. The highest BCUT2D eigenvalue weighted by Gasteiger charge is 2.21. The van der Waals surface area contributed by atoms with Crippen molar-refractivity contribution in [3.05, 3.63) is 198 Å². The van der Waals surface area contributed by atoms with Gasteiger partial charge in [0.2, 0.25) is 5.78 Å². The quantitative estimate of drug-likeness (QED) is 0.182. The monoisotopic (exact) mass is 717 g/mol. The van der Waals surface area contributed by atoms with E-state index in [1.807, 2.05) is 48.5 Å². The van der Waals surface area contributed by atoms with Crippen LogP contribution in [0.3, 0.4) is 0 Å². The molecule has 4 heterocycles. The van der Waals surface area contributed by atoms with E-state index in [4.69, 9.17) is 4.98 Å².